The highest BCUT2D eigenvalue weighted by Crippen LogP contribution is 2.25. The number of amides is 1. The molecule has 6 heteroatoms. The number of hydrogen-bond acceptors (Lipinski definition) is 4. The van der Waals surface area contributed by atoms with Gasteiger partial charge in [0.1, 0.15) is 11.5 Å². The van der Waals surface area contributed by atoms with Gasteiger partial charge >= 0.3 is 0 Å². The number of para-hydroxylation sites is 1. The van der Waals surface area contributed by atoms with Crippen LogP contribution in [0.5, 0.6) is 11.5 Å². The van der Waals surface area contributed by atoms with Crippen LogP contribution in [0.1, 0.15) is 29.3 Å². The molecule has 24 heavy (non-hydrogen) atoms. The first kappa shape index (κ1) is 17.8. The summed E-state index contributed by atoms with van der Waals surface area (Å²) in [4.78, 5) is 12.1. The molecule has 0 aliphatic carbocycles. The number of halogens is 1. The molecule has 1 N–H and O–H groups in total. The molecule has 0 aliphatic heterocycles. The molecule has 0 unspecified atom stereocenters. The van der Waals surface area contributed by atoms with E-state index in [-0.39, 0.29) is 5.91 Å². The number of carbonyl (C=O) groups is 1. The van der Waals surface area contributed by atoms with Crippen LogP contribution in [0, 0.1) is 0 Å². The summed E-state index contributed by atoms with van der Waals surface area (Å²) in [7, 11) is 1.51. The Bertz CT molecular complexity index is 732. The van der Waals surface area contributed by atoms with Crippen molar-refractivity contribution >= 4 is 23.7 Å². The fourth-order valence-corrected chi connectivity index (χ4v) is 2.23. The predicted octanol–water partition coefficient (Wildman–Crippen LogP) is 3.90. The van der Waals surface area contributed by atoms with Crippen molar-refractivity contribution in [1.82, 2.24) is 5.43 Å². The second kappa shape index (κ2) is 8.93. The highest BCUT2D eigenvalue weighted by atomic mass is 35.5. The van der Waals surface area contributed by atoms with Crippen molar-refractivity contribution in [2.24, 2.45) is 5.10 Å². The maximum Gasteiger partial charge on any atom is 0.275 e. The van der Waals surface area contributed by atoms with Crippen molar-refractivity contribution in [3.8, 4) is 11.5 Å². The summed E-state index contributed by atoms with van der Waals surface area (Å²) < 4.78 is 10.7. The molecule has 0 aliphatic rings. The number of benzene rings is 2. The molecule has 126 valence electrons. The van der Waals surface area contributed by atoms with Gasteiger partial charge in [-0.1, -0.05) is 30.7 Å². The van der Waals surface area contributed by atoms with Crippen molar-refractivity contribution in [3.05, 3.63) is 58.6 Å². The smallest absolute Gasteiger partial charge is 0.275 e. The van der Waals surface area contributed by atoms with Gasteiger partial charge in [0.15, 0.2) is 0 Å². The molecule has 0 aromatic heterocycles. The maximum atomic E-state index is 12.1. The largest absolute Gasteiger partial charge is 0.496 e. The monoisotopic (exact) mass is 346 g/mol. The van der Waals surface area contributed by atoms with Crippen molar-refractivity contribution in [3.63, 3.8) is 0 Å². The first-order valence-corrected chi connectivity index (χ1v) is 7.92. The van der Waals surface area contributed by atoms with Crippen LogP contribution in [0.25, 0.3) is 0 Å². The van der Waals surface area contributed by atoms with E-state index in [1.54, 1.807) is 36.4 Å². The lowest BCUT2D eigenvalue weighted by Gasteiger charge is -2.07. The first-order chi connectivity index (χ1) is 11.7. The van der Waals surface area contributed by atoms with Crippen LogP contribution < -0.4 is 14.9 Å². The van der Waals surface area contributed by atoms with Crippen LogP contribution in [0.15, 0.2) is 47.6 Å². The van der Waals surface area contributed by atoms with E-state index in [2.05, 4.69) is 10.5 Å². The van der Waals surface area contributed by atoms with Gasteiger partial charge in [-0.15, -0.1) is 0 Å². The third kappa shape index (κ3) is 4.73. The van der Waals surface area contributed by atoms with Gasteiger partial charge in [-0.3, -0.25) is 4.79 Å². The lowest BCUT2D eigenvalue weighted by molar-refractivity contribution is 0.0952. The Morgan fingerprint density at radius 1 is 1.25 bits per heavy atom. The summed E-state index contributed by atoms with van der Waals surface area (Å²) in [5.74, 6) is 0.775. The molecular weight excluding hydrogens is 328 g/mol. The summed E-state index contributed by atoms with van der Waals surface area (Å²) in [6.45, 7) is 2.64. The number of carbonyl (C=O) groups excluding carboxylic acids is 1. The molecule has 0 heterocycles. The van der Waals surface area contributed by atoms with Crippen molar-refractivity contribution in [2.75, 3.05) is 13.7 Å². The lowest BCUT2D eigenvalue weighted by atomic mass is 10.2. The number of methoxy groups -OCH3 is 1. The zero-order valence-corrected chi connectivity index (χ0v) is 14.3. The molecule has 0 bridgehead atoms. The molecule has 1 amide bonds. The van der Waals surface area contributed by atoms with Crippen molar-refractivity contribution < 1.29 is 14.3 Å². The number of rotatable bonds is 7. The average Bonchev–Trinajstić information content (AvgIpc) is 2.61. The van der Waals surface area contributed by atoms with Crippen LogP contribution in [-0.2, 0) is 0 Å². The van der Waals surface area contributed by atoms with Gasteiger partial charge < -0.3 is 9.47 Å². The van der Waals surface area contributed by atoms with E-state index >= 15 is 0 Å². The number of nitrogens with one attached hydrogen (secondary N) is 1. The minimum atomic E-state index is -0.349. The van der Waals surface area contributed by atoms with E-state index in [9.17, 15) is 4.79 Å². The minimum absolute atomic E-state index is 0.349. The number of hydrazone groups is 1. The van der Waals surface area contributed by atoms with E-state index < -0.39 is 0 Å². The average molecular weight is 347 g/mol. The predicted molar refractivity (Wildman–Crippen MR) is 95.3 cm³/mol. The Morgan fingerprint density at radius 3 is 2.75 bits per heavy atom. The minimum Gasteiger partial charge on any atom is -0.496 e. The SMILES string of the molecule is CCCOc1ccc(/C=N/NC(=O)c2ccccc2OC)cc1Cl. The molecular formula is C18H19ClN2O3. The zero-order chi connectivity index (χ0) is 17.4. The van der Waals surface area contributed by atoms with Gasteiger partial charge in [0.05, 0.1) is 30.5 Å². The summed E-state index contributed by atoms with van der Waals surface area (Å²) in [5, 5.41) is 4.45. The highest BCUT2D eigenvalue weighted by Gasteiger charge is 2.10. The molecule has 0 radical (unpaired) electrons. The second-order valence-corrected chi connectivity index (χ2v) is 5.34. The molecule has 0 saturated heterocycles. The van der Waals surface area contributed by atoms with Crippen LogP contribution in [0.3, 0.4) is 0 Å². The standard InChI is InChI=1S/C18H19ClN2O3/c1-3-10-24-17-9-8-13(11-15(17)19)12-20-21-18(22)14-6-4-5-7-16(14)23-2/h4-9,11-12H,3,10H2,1-2H3,(H,21,22)/b20-12+. The van der Waals surface area contributed by atoms with Crippen molar-refractivity contribution in [1.29, 1.82) is 0 Å². The fourth-order valence-electron chi connectivity index (χ4n) is 1.98. The third-order valence-electron chi connectivity index (χ3n) is 3.15. The van der Waals surface area contributed by atoms with Crippen LogP contribution in [-0.4, -0.2) is 25.8 Å². The number of hydrogen-bond donors (Lipinski definition) is 1. The van der Waals surface area contributed by atoms with Crippen molar-refractivity contribution in [2.45, 2.75) is 13.3 Å². The summed E-state index contributed by atoms with van der Waals surface area (Å²) in [5.41, 5.74) is 3.64. The maximum absolute atomic E-state index is 12.1. The molecule has 0 saturated carbocycles. The Hall–Kier alpha value is -2.53. The topological polar surface area (TPSA) is 59.9 Å². The molecule has 5 nitrogen and oxygen atoms in total. The second-order valence-electron chi connectivity index (χ2n) is 4.94. The van der Waals surface area contributed by atoms with E-state index in [1.165, 1.54) is 13.3 Å². The Labute approximate surface area is 146 Å². The Kier molecular flexibility index (Phi) is 6.63. The van der Waals surface area contributed by atoms with Crippen LogP contribution >= 0.6 is 11.6 Å². The first-order valence-electron chi connectivity index (χ1n) is 7.54. The van der Waals surface area contributed by atoms with Gasteiger partial charge in [-0.05, 0) is 42.3 Å². The third-order valence-corrected chi connectivity index (χ3v) is 3.44. The number of ether oxygens (including phenoxy) is 2. The summed E-state index contributed by atoms with van der Waals surface area (Å²) >= 11 is 6.15. The Balaban J connectivity index is 2.01. The molecule has 0 fully saturated rings. The highest BCUT2D eigenvalue weighted by molar-refractivity contribution is 6.32. The molecule has 0 spiro atoms. The van der Waals surface area contributed by atoms with Gasteiger partial charge in [0.25, 0.3) is 5.91 Å². The molecule has 0 atom stereocenters. The van der Waals surface area contributed by atoms with Crippen LogP contribution in [0.2, 0.25) is 5.02 Å². The van der Waals surface area contributed by atoms with E-state index in [4.69, 9.17) is 21.1 Å². The molecule has 2 aromatic carbocycles. The molecule has 2 aromatic rings. The van der Waals surface area contributed by atoms with Gasteiger partial charge in [0.2, 0.25) is 0 Å². The number of nitrogens with zero attached hydrogens (tertiary/aromatic N) is 1. The normalized spacial score (nSPS) is 10.6. The summed E-state index contributed by atoms with van der Waals surface area (Å²) in [6, 6.07) is 12.3. The quantitative estimate of drug-likeness (QED) is 0.611. The fraction of sp³-hybridized carbons (Fsp3) is 0.222. The molecule has 2 rings (SSSR count). The Morgan fingerprint density at radius 2 is 2.04 bits per heavy atom. The van der Waals surface area contributed by atoms with Gasteiger partial charge in [-0.2, -0.15) is 5.10 Å². The van der Waals surface area contributed by atoms with E-state index in [1.807, 2.05) is 13.0 Å². The summed E-state index contributed by atoms with van der Waals surface area (Å²) in [6.07, 6.45) is 2.43. The van der Waals surface area contributed by atoms with Gasteiger partial charge in [0, 0.05) is 0 Å². The van der Waals surface area contributed by atoms with E-state index in [0.29, 0.717) is 28.7 Å². The van der Waals surface area contributed by atoms with Crippen LogP contribution in [0.4, 0.5) is 0 Å². The lowest BCUT2D eigenvalue weighted by Crippen LogP contribution is -2.18. The van der Waals surface area contributed by atoms with E-state index in [0.717, 1.165) is 12.0 Å². The zero-order valence-electron chi connectivity index (χ0n) is 13.6. The van der Waals surface area contributed by atoms with Gasteiger partial charge in [-0.25, -0.2) is 5.43 Å².